The van der Waals surface area contributed by atoms with Crippen molar-refractivity contribution in [2.45, 2.75) is 86.0 Å². The topological polar surface area (TPSA) is 39.5 Å². The van der Waals surface area contributed by atoms with Gasteiger partial charge in [-0.3, -0.25) is 0 Å². The molecule has 0 amide bonds. The quantitative estimate of drug-likeness (QED) is 0.452. The normalized spacial score (nSPS) is 13.2. The lowest BCUT2D eigenvalue weighted by Crippen LogP contribution is -2.46. The van der Waals surface area contributed by atoms with Crippen molar-refractivity contribution in [1.82, 2.24) is 9.34 Å². The van der Waals surface area contributed by atoms with Crippen LogP contribution >= 0.6 is 16.4 Å². The molecule has 0 N–H and O–H groups in total. The predicted octanol–water partition coefficient (Wildman–Crippen LogP) is 4.71. The lowest BCUT2D eigenvalue weighted by atomic mass is 10.3. The second-order valence-corrected chi connectivity index (χ2v) is 10.8. The van der Waals surface area contributed by atoms with Crippen molar-refractivity contribution >= 4 is 16.4 Å². The number of nitrogens with zero attached hydrogens (tertiary/aromatic N) is 3. The van der Waals surface area contributed by atoms with Crippen LogP contribution in [0.15, 0.2) is 0 Å². The van der Waals surface area contributed by atoms with E-state index in [4.69, 9.17) is 9.79 Å². The van der Waals surface area contributed by atoms with Gasteiger partial charge in [0.05, 0.1) is 21.4 Å². The molecular weight excluding hydrogens is 300 g/mol. The monoisotopic (exact) mass is 334 g/mol. The van der Waals surface area contributed by atoms with Gasteiger partial charge in [0.15, 0.2) is 0 Å². The molecule has 0 rings (SSSR count). The van der Waals surface area contributed by atoms with Crippen molar-refractivity contribution in [2.24, 2.45) is 0 Å². The molecule has 0 aromatic carbocycles. The maximum Gasteiger partial charge on any atom is 0.301 e. The van der Waals surface area contributed by atoms with Gasteiger partial charge in [0, 0.05) is 24.2 Å². The van der Waals surface area contributed by atoms with Crippen molar-refractivity contribution in [3.8, 4) is 6.07 Å². The van der Waals surface area contributed by atoms with Crippen LogP contribution in [0.5, 0.6) is 0 Å². The number of rotatable bonds is 9. The van der Waals surface area contributed by atoms with Gasteiger partial charge < -0.3 is 0 Å². The summed E-state index contributed by atoms with van der Waals surface area (Å²) in [6, 6.07) is 3.73. The van der Waals surface area contributed by atoms with Gasteiger partial charge in [-0.2, -0.15) is 9.79 Å². The van der Waals surface area contributed by atoms with Crippen molar-refractivity contribution in [3.63, 3.8) is 0 Å². The molecule has 0 aliphatic carbocycles. The van der Waals surface area contributed by atoms with Crippen molar-refractivity contribution in [3.05, 3.63) is 0 Å². The predicted molar refractivity (Wildman–Crippen MR) is 97.0 cm³/mol. The summed E-state index contributed by atoms with van der Waals surface area (Å²) in [6.45, 7) is 18.2. The Morgan fingerprint density at radius 2 is 1.24 bits per heavy atom. The molecule has 6 heteroatoms. The van der Waals surface area contributed by atoms with Crippen LogP contribution in [-0.4, -0.2) is 40.1 Å². The van der Waals surface area contributed by atoms with E-state index in [-0.39, 0.29) is 0 Å². The fraction of sp³-hybridized carbons (Fsp3) is 0.933. The van der Waals surface area contributed by atoms with E-state index in [1.54, 1.807) is 0 Å². The summed E-state index contributed by atoms with van der Waals surface area (Å²) in [6.07, 6.45) is 0.435. The Bertz CT molecular complexity index is 304. The van der Waals surface area contributed by atoms with Crippen molar-refractivity contribution < 1.29 is 4.52 Å². The molecule has 0 fully saturated rings. The third-order valence-corrected chi connectivity index (χ3v) is 9.05. The van der Waals surface area contributed by atoms with Gasteiger partial charge in [-0.05, 0) is 55.4 Å². The highest BCUT2D eigenvalue weighted by atomic mass is 32.1. The van der Waals surface area contributed by atoms with E-state index in [0.717, 1.165) is 0 Å². The molecule has 0 radical (unpaired) electrons. The van der Waals surface area contributed by atoms with Gasteiger partial charge in [-0.15, -0.1) is 9.34 Å². The van der Waals surface area contributed by atoms with E-state index in [1.165, 1.54) is 0 Å². The molecule has 0 spiro atoms. The van der Waals surface area contributed by atoms with E-state index in [1.807, 2.05) is 0 Å². The molecule has 0 saturated carbocycles. The average molecular weight is 334 g/mol. The molecule has 0 aliphatic rings. The summed E-state index contributed by atoms with van der Waals surface area (Å²) < 4.78 is 11.3. The molecule has 21 heavy (non-hydrogen) atoms. The minimum absolute atomic E-state index is 0.387. The molecule has 0 heterocycles. The molecular formula is C15H34N3OP2+. The zero-order chi connectivity index (χ0) is 16.8. The van der Waals surface area contributed by atoms with Crippen LogP contribution in [0.1, 0.15) is 61.8 Å². The van der Waals surface area contributed by atoms with E-state index < -0.39 is 7.48 Å². The van der Waals surface area contributed by atoms with E-state index in [9.17, 15) is 0 Å². The van der Waals surface area contributed by atoms with Gasteiger partial charge in [0.2, 0.25) is 0 Å². The lowest BCUT2D eigenvalue weighted by molar-refractivity contribution is 0.183. The first-order valence-electron chi connectivity index (χ1n) is 7.86. The fourth-order valence-electron chi connectivity index (χ4n) is 2.99. The zero-order valence-corrected chi connectivity index (χ0v) is 17.0. The van der Waals surface area contributed by atoms with Crippen LogP contribution in [0.2, 0.25) is 0 Å². The number of nitriles is 1. The first-order valence-corrected chi connectivity index (χ1v) is 11.1. The molecule has 0 bridgehead atoms. The Hall–Kier alpha value is 0.230. The minimum Gasteiger partial charge on any atom is -0.198 e. The Morgan fingerprint density at radius 3 is 1.48 bits per heavy atom. The highest BCUT2D eigenvalue weighted by Gasteiger charge is 2.53. The van der Waals surface area contributed by atoms with Crippen LogP contribution in [-0.2, 0) is 4.52 Å². The third kappa shape index (κ3) is 5.74. The van der Waals surface area contributed by atoms with Gasteiger partial charge >= 0.3 is 7.48 Å². The highest BCUT2D eigenvalue weighted by molar-refractivity contribution is 8.19. The number of hydrogen-bond donors (Lipinski definition) is 0. The summed E-state index contributed by atoms with van der Waals surface area (Å²) in [5.41, 5.74) is 0. The average Bonchev–Trinajstić information content (AvgIpc) is 2.26. The van der Waals surface area contributed by atoms with E-state index >= 15 is 0 Å². The van der Waals surface area contributed by atoms with Crippen LogP contribution < -0.4 is 0 Å². The maximum atomic E-state index is 8.83. The molecule has 4 nitrogen and oxygen atoms in total. The SMILES string of the molecule is CC(C)N(C(C)C)[P+](P)(OCCC#N)N(C(C)C)C(C)C. The maximum absolute atomic E-state index is 8.83. The Morgan fingerprint density at radius 1 is 0.905 bits per heavy atom. The van der Waals surface area contributed by atoms with Gasteiger partial charge in [0.1, 0.15) is 6.61 Å². The smallest absolute Gasteiger partial charge is 0.198 e. The fourth-order valence-corrected chi connectivity index (χ4v) is 10.0. The van der Waals surface area contributed by atoms with Crippen molar-refractivity contribution in [2.75, 3.05) is 6.61 Å². The minimum atomic E-state index is -2.01. The molecule has 0 aromatic heterocycles. The molecule has 0 aromatic rings. The van der Waals surface area contributed by atoms with Gasteiger partial charge in [-0.1, -0.05) is 0 Å². The summed E-state index contributed by atoms with van der Waals surface area (Å²) in [4.78, 5) is 0. The summed E-state index contributed by atoms with van der Waals surface area (Å²) in [5, 5.41) is 8.83. The first-order chi connectivity index (χ1) is 9.59. The highest BCUT2D eigenvalue weighted by Crippen LogP contribution is 2.75. The first kappa shape index (κ1) is 21.2. The molecule has 0 aliphatic heterocycles. The van der Waals surface area contributed by atoms with Crippen LogP contribution in [0, 0.1) is 11.3 Å². The molecule has 124 valence electrons. The second kappa shape index (κ2) is 9.39. The summed E-state index contributed by atoms with van der Waals surface area (Å²) in [5.74, 6) is 0. The standard InChI is InChI=1S/C15H34N3OP2/c1-12(2)17(13(3)4)21(20,19-11-9-10-16)18(14(5)6)15(7)8/h12-15H,9,11,20H2,1-8H3/q+1. The largest absolute Gasteiger partial charge is 0.301 e. The van der Waals surface area contributed by atoms with E-state index in [2.05, 4.69) is 79.7 Å². The Labute approximate surface area is 134 Å². The second-order valence-electron chi connectivity index (χ2n) is 6.47. The molecule has 1 unspecified atom stereocenters. The molecule has 1 atom stereocenters. The van der Waals surface area contributed by atoms with Gasteiger partial charge in [0.25, 0.3) is 0 Å². The summed E-state index contributed by atoms with van der Waals surface area (Å²) >= 11 is 0. The third-order valence-electron chi connectivity index (χ3n) is 3.27. The lowest BCUT2D eigenvalue weighted by Gasteiger charge is -2.45. The zero-order valence-electron chi connectivity index (χ0n) is 15.0. The van der Waals surface area contributed by atoms with Crippen LogP contribution in [0.3, 0.4) is 0 Å². The van der Waals surface area contributed by atoms with Crippen molar-refractivity contribution in [1.29, 1.82) is 5.26 Å². The summed E-state index contributed by atoms with van der Waals surface area (Å²) in [7, 11) is 1.01. The number of hydrogen-bond acceptors (Lipinski definition) is 4. The molecule has 0 saturated heterocycles. The Kier molecular flexibility index (Phi) is 9.49. The van der Waals surface area contributed by atoms with Crippen LogP contribution in [0.4, 0.5) is 0 Å². The van der Waals surface area contributed by atoms with Crippen LogP contribution in [0.25, 0.3) is 0 Å². The van der Waals surface area contributed by atoms with Gasteiger partial charge in [-0.25, -0.2) is 0 Å². The Balaban J connectivity index is 5.67. The van der Waals surface area contributed by atoms with E-state index in [0.29, 0.717) is 37.2 Å².